The predicted molar refractivity (Wildman–Crippen MR) is 107 cm³/mol. The number of carbonyl (C=O) groups is 3. The second kappa shape index (κ2) is 7.95. The minimum Gasteiger partial charge on any atom is -0.479 e. The summed E-state index contributed by atoms with van der Waals surface area (Å²) in [6.45, 7) is 2.62. The van der Waals surface area contributed by atoms with Gasteiger partial charge in [0.2, 0.25) is 5.91 Å². The predicted octanol–water partition coefficient (Wildman–Crippen LogP) is 2.92. The van der Waals surface area contributed by atoms with Crippen LogP contribution in [0, 0.1) is 0 Å². The number of carbonyl (C=O) groups excluding carboxylic acids is 3. The molecule has 7 nitrogen and oxygen atoms in total. The van der Waals surface area contributed by atoms with E-state index in [-0.39, 0.29) is 24.8 Å². The van der Waals surface area contributed by atoms with Gasteiger partial charge in [0.05, 0.1) is 12.1 Å². The highest BCUT2D eigenvalue weighted by Gasteiger charge is 2.31. The van der Waals surface area contributed by atoms with Crippen LogP contribution < -0.4 is 19.3 Å². The van der Waals surface area contributed by atoms with E-state index in [4.69, 9.17) is 9.47 Å². The van der Waals surface area contributed by atoms with Crippen molar-refractivity contribution in [2.24, 2.45) is 0 Å². The molecule has 2 amide bonds. The number of hydrogen-bond acceptors (Lipinski definition) is 5. The summed E-state index contributed by atoms with van der Waals surface area (Å²) in [5.41, 5.74) is 1.46. The molecule has 2 aliphatic rings. The smallest absolute Gasteiger partial charge is 0.312 e. The lowest BCUT2D eigenvalue weighted by molar-refractivity contribution is -0.134. The Morgan fingerprint density at radius 2 is 1.90 bits per heavy atom. The Morgan fingerprint density at radius 3 is 2.62 bits per heavy atom. The largest absolute Gasteiger partial charge is 0.479 e. The maximum atomic E-state index is 12.5. The molecular formula is C22H22N2O5. The van der Waals surface area contributed by atoms with Crippen molar-refractivity contribution in [2.75, 3.05) is 22.9 Å². The lowest BCUT2D eigenvalue weighted by Crippen LogP contribution is -2.45. The molecule has 1 saturated heterocycles. The van der Waals surface area contributed by atoms with Gasteiger partial charge in [-0.15, -0.1) is 0 Å². The molecule has 2 aromatic rings. The molecule has 1 fully saturated rings. The summed E-state index contributed by atoms with van der Waals surface area (Å²) >= 11 is 0. The van der Waals surface area contributed by atoms with Gasteiger partial charge < -0.3 is 19.3 Å². The van der Waals surface area contributed by atoms with Crippen molar-refractivity contribution in [3.05, 3.63) is 48.5 Å². The van der Waals surface area contributed by atoms with Gasteiger partial charge in [-0.25, -0.2) is 0 Å². The summed E-state index contributed by atoms with van der Waals surface area (Å²) in [4.78, 5) is 39.9. The standard InChI is InChI=1S/C22H22N2O5/c1-15-22(27)24(18-5-2-3-6-19(18)28-15)14-12-21(26)29-17-10-8-16(9-11-17)23-13-4-7-20(23)25/h2-3,5-6,8-11,15H,4,7,12-14H2,1H3/t15-/m0/s1. The van der Waals surface area contributed by atoms with E-state index in [1.807, 2.05) is 12.1 Å². The molecule has 0 bridgehead atoms. The van der Waals surface area contributed by atoms with Gasteiger partial charge >= 0.3 is 5.97 Å². The molecule has 2 heterocycles. The lowest BCUT2D eigenvalue weighted by atomic mass is 10.2. The number of para-hydroxylation sites is 2. The first-order valence-electron chi connectivity index (χ1n) is 9.71. The van der Waals surface area contributed by atoms with E-state index >= 15 is 0 Å². The molecule has 0 aliphatic carbocycles. The fraction of sp³-hybridized carbons (Fsp3) is 0.318. The van der Waals surface area contributed by atoms with Gasteiger partial charge in [-0.3, -0.25) is 14.4 Å². The van der Waals surface area contributed by atoms with Gasteiger partial charge in [-0.2, -0.15) is 0 Å². The summed E-state index contributed by atoms with van der Waals surface area (Å²) in [7, 11) is 0. The molecule has 0 aromatic heterocycles. The SMILES string of the molecule is C[C@@H]1Oc2ccccc2N(CCC(=O)Oc2ccc(N3CCCC3=O)cc2)C1=O. The van der Waals surface area contributed by atoms with E-state index in [2.05, 4.69) is 0 Å². The third kappa shape index (κ3) is 3.94. The zero-order valence-electron chi connectivity index (χ0n) is 16.2. The second-order valence-corrected chi connectivity index (χ2v) is 7.08. The van der Waals surface area contributed by atoms with E-state index in [0.717, 1.165) is 12.1 Å². The van der Waals surface area contributed by atoms with Crippen LogP contribution in [-0.4, -0.2) is 37.0 Å². The molecule has 2 aromatic carbocycles. The summed E-state index contributed by atoms with van der Waals surface area (Å²) in [6, 6.07) is 14.2. The Morgan fingerprint density at radius 1 is 1.14 bits per heavy atom. The molecule has 7 heteroatoms. The highest BCUT2D eigenvalue weighted by atomic mass is 16.5. The minimum absolute atomic E-state index is 0.0547. The van der Waals surface area contributed by atoms with Crippen LogP contribution in [0.15, 0.2) is 48.5 Å². The van der Waals surface area contributed by atoms with Gasteiger partial charge in [0.1, 0.15) is 11.5 Å². The van der Waals surface area contributed by atoms with Crippen molar-refractivity contribution in [3.63, 3.8) is 0 Å². The molecule has 2 aliphatic heterocycles. The Hall–Kier alpha value is -3.35. The molecule has 0 N–H and O–H groups in total. The van der Waals surface area contributed by atoms with E-state index < -0.39 is 12.1 Å². The van der Waals surface area contributed by atoms with Crippen LogP contribution in [0.3, 0.4) is 0 Å². The first-order chi connectivity index (χ1) is 14.0. The first kappa shape index (κ1) is 19.0. The Labute approximate surface area is 168 Å². The number of hydrogen-bond donors (Lipinski definition) is 0. The van der Waals surface area contributed by atoms with Crippen LogP contribution in [0.25, 0.3) is 0 Å². The van der Waals surface area contributed by atoms with Gasteiger partial charge in [0.15, 0.2) is 6.10 Å². The third-order valence-electron chi connectivity index (χ3n) is 5.07. The van der Waals surface area contributed by atoms with Crippen molar-refractivity contribution in [1.29, 1.82) is 0 Å². The summed E-state index contributed by atoms with van der Waals surface area (Å²) in [6.07, 6.45) is 0.886. The Bertz CT molecular complexity index is 940. The van der Waals surface area contributed by atoms with Gasteiger partial charge in [0, 0.05) is 25.2 Å². The molecule has 0 saturated carbocycles. The summed E-state index contributed by atoms with van der Waals surface area (Å²) in [5, 5.41) is 0. The van der Waals surface area contributed by atoms with E-state index in [9.17, 15) is 14.4 Å². The average Bonchev–Trinajstić information content (AvgIpc) is 3.15. The number of ether oxygens (including phenoxy) is 2. The van der Waals surface area contributed by atoms with Crippen LogP contribution in [0.4, 0.5) is 11.4 Å². The topological polar surface area (TPSA) is 76.2 Å². The molecular weight excluding hydrogens is 372 g/mol. The summed E-state index contributed by atoms with van der Waals surface area (Å²) in [5.74, 6) is 0.530. The number of esters is 1. The Balaban J connectivity index is 1.37. The fourth-order valence-corrected chi connectivity index (χ4v) is 3.59. The van der Waals surface area contributed by atoms with Gasteiger partial charge in [-0.1, -0.05) is 12.1 Å². The highest BCUT2D eigenvalue weighted by molar-refractivity contribution is 6.00. The van der Waals surface area contributed by atoms with Crippen LogP contribution in [0.5, 0.6) is 11.5 Å². The number of nitrogens with zero attached hydrogens (tertiary/aromatic N) is 2. The van der Waals surface area contributed by atoms with Crippen molar-refractivity contribution < 1.29 is 23.9 Å². The minimum atomic E-state index is -0.596. The number of benzene rings is 2. The maximum Gasteiger partial charge on any atom is 0.312 e. The molecule has 4 rings (SSSR count). The number of rotatable bonds is 5. The normalized spacial score (nSPS) is 18.4. The van der Waals surface area contributed by atoms with E-state index in [0.29, 0.717) is 30.2 Å². The molecule has 0 spiro atoms. The van der Waals surface area contributed by atoms with Crippen LogP contribution in [0.2, 0.25) is 0 Å². The van der Waals surface area contributed by atoms with Gasteiger partial charge in [-0.05, 0) is 49.7 Å². The van der Waals surface area contributed by atoms with Crippen LogP contribution in [-0.2, 0) is 14.4 Å². The number of fused-ring (bicyclic) bond motifs is 1. The molecule has 150 valence electrons. The zero-order chi connectivity index (χ0) is 20.4. The highest BCUT2D eigenvalue weighted by Crippen LogP contribution is 2.33. The average molecular weight is 394 g/mol. The quantitative estimate of drug-likeness (QED) is 0.576. The fourth-order valence-electron chi connectivity index (χ4n) is 3.59. The van der Waals surface area contributed by atoms with Crippen molar-refractivity contribution in [1.82, 2.24) is 0 Å². The summed E-state index contributed by atoms with van der Waals surface area (Å²) < 4.78 is 11.0. The molecule has 0 radical (unpaired) electrons. The van der Waals surface area contributed by atoms with E-state index in [1.54, 1.807) is 53.1 Å². The van der Waals surface area contributed by atoms with Crippen molar-refractivity contribution in [2.45, 2.75) is 32.3 Å². The molecule has 0 unspecified atom stereocenters. The third-order valence-corrected chi connectivity index (χ3v) is 5.07. The number of amides is 2. The van der Waals surface area contributed by atoms with Crippen molar-refractivity contribution >= 4 is 29.2 Å². The maximum absolute atomic E-state index is 12.5. The molecule has 29 heavy (non-hydrogen) atoms. The lowest BCUT2D eigenvalue weighted by Gasteiger charge is -2.32. The molecule has 1 atom stereocenters. The second-order valence-electron chi connectivity index (χ2n) is 7.08. The van der Waals surface area contributed by atoms with Crippen LogP contribution in [0.1, 0.15) is 26.2 Å². The first-order valence-corrected chi connectivity index (χ1v) is 9.71. The number of anilines is 2. The Kier molecular flexibility index (Phi) is 5.20. The monoisotopic (exact) mass is 394 g/mol. The van der Waals surface area contributed by atoms with Crippen LogP contribution >= 0.6 is 0 Å². The van der Waals surface area contributed by atoms with E-state index in [1.165, 1.54) is 0 Å². The zero-order valence-corrected chi connectivity index (χ0v) is 16.2. The van der Waals surface area contributed by atoms with Crippen molar-refractivity contribution in [3.8, 4) is 11.5 Å². The van der Waals surface area contributed by atoms with Gasteiger partial charge in [0.25, 0.3) is 5.91 Å².